The fraction of sp³-hybridized carbons (Fsp3) is 0.556. The number of nitrogens with one attached hydrogen (secondary N) is 1. The van der Waals surface area contributed by atoms with E-state index >= 15 is 0 Å². The zero-order chi connectivity index (χ0) is 17.4. The molecule has 6 nitrogen and oxygen atoms in total. The van der Waals surface area contributed by atoms with E-state index in [1.807, 2.05) is 31.2 Å². The molecule has 24 heavy (non-hydrogen) atoms. The van der Waals surface area contributed by atoms with Gasteiger partial charge in [-0.05, 0) is 44.0 Å². The lowest BCUT2D eigenvalue weighted by Gasteiger charge is -2.21. The normalized spacial score (nSPS) is 16.7. The quantitative estimate of drug-likeness (QED) is 0.791. The molecule has 0 saturated carbocycles. The predicted molar refractivity (Wildman–Crippen MR) is 92.2 cm³/mol. The third-order valence-corrected chi connectivity index (χ3v) is 3.95. The molecule has 1 aliphatic rings. The number of hydrogen-bond donors (Lipinski definition) is 1. The first-order chi connectivity index (χ1) is 11.6. The minimum Gasteiger partial charge on any atom is -0.494 e. The number of hydrogen-bond acceptors (Lipinski definition) is 4. The van der Waals surface area contributed by atoms with Gasteiger partial charge in [-0.2, -0.15) is 0 Å². The zero-order valence-electron chi connectivity index (χ0n) is 14.4. The van der Waals surface area contributed by atoms with Crippen molar-refractivity contribution in [1.29, 1.82) is 0 Å². The van der Waals surface area contributed by atoms with E-state index in [-0.39, 0.29) is 24.3 Å². The van der Waals surface area contributed by atoms with Gasteiger partial charge in [0.25, 0.3) is 0 Å². The average molecular weight is 334 g/mol. The van der Waals surface area contributed by atoms with Gasteiger partial charge in [-0.25, -0.2) is 0 Å². The van der Waals surface area contributed by atoms with Crippen LogP contribution in [0.25, 0.3) is 0 Å². The van der Waals surface area contributed by atoms with Crippen LogP contribution in [-0.2, 0) is 14.3 Å². The number of anilines is 1. The van der Waals surface area contributed by atoms with Gasteiger partial charge in [0.15, 0.2) is 0 Å². The van der Waals surface area contributed by atoms with E-state index in [1.54, 1.807) is 4.90 Å². The van der Waals surface area contributed by atoms with E-state index < -0.39 is 0 Å². The lowest BCUT2D eigenvalue weighted by atomic mass is 10.2. The van der Waals surface area contributed by atoms with Crippen LogP contribution in [-0.4, -0.2) is 44.2 Å². The van der Waals surface area contributed by atoms with Gasteiger partial charge in [-0.3, -0.25) is 9.59 Å². The van der Waals surface area contributed by atoms with Crippen molar-refractivity contribution in [1.82, 2.24) is 5.32 Å². The first-order valence-corrected chi connectivity index (χ1v) is 8.49. The SMILES string of the molecule is CCOc1ccc(N(CCC(=O)NCC2CCCO2)C(C)=O)cc1. The summed E-state index contributed by atoms with van der Waals surface area (Å²) < 4.78 is 10.9. The fourth-order valence-corrected chi connectivity index (χ4v) is 2.69. The Bertz CT molecular complexity index is 538. The molecule has 1 saturated heterocycles. The summed E-state index contributed by atoms with van der Waals surface area (Å²) in [5.74, 6) is 0.604. The van der Waals surface area contributed by atoms with Crippen LogP contribution >= 0.6 is 0 Å². The highest BCUT2D eigenvalue weighted by atomic mass is 16.5. The van der Waals surface area contributed by atoms with Gasteiger partial charge < -0.3 is 19.7 Å². The number of amides is 2. The minimum absolute atomic E-state index is 0.0670. The molecule has 1 aliphatic heterocycles. The molecule has 1 fully saturated rings. The Labute approximate surface area is 143 Å². The maximum Gasteiger partial charge on any atom is 0.223 e. The number of benzene rings is 1. The second-order valence-corrected chi connectivity index (χ2v) is 5.79. The van der Waals surface area contributed by atoms with Crippen LogP contribution in [0.15, 0.2) is 24.3 Å². The molecule has 2 amide bonds. The summed E-state index contributed by atoms with van der Waals surface area (Å²) in [6.45, 7) is 5.69. The van der Waals surface area contributed by atoms with Crippen LogP contribution in [0, 0.1) is 0 Å². The Morgan fingerprint density at radius 3 is 2.67 bits per heavy atom. The average Bonchev–Trinajstić information content (AvgIpc) is 3.08. The minimum atomic E-state index is -0.0916. The molecule has 0 spiro atoms. The molecular weight excluding hydrogens is 308 g/mol. The molecule has 1 N–H and O–H groups in total. The van der Waals surface area contributed by atoms with Crippen molar-refractivity contribution in [2.45, 2.75) is 39.2 Å². The van der Waals surface area contributed by atoms with Crippen LogP contribution in [0.1, 0.15) is 33.1 Å². The van der Waals surface area contributed by atoms with Gasteiger partial charge in [-0.1, -0.05) is 0 Å². The Hall–Kier alpha value is -2.08. The summed E-state index contributed by atoms with van der Waals surface area (Å²) in [6.07, 6.45) is 2.44. The number of ether oxygens (including phenoxy) is 2. The Balaban J connectivity index is 1.83. The van der Waals surface area contributed by atoms with Gasteiger partial charge in [0, 0.05) is 38.7 Å². The van der Waals surface area contributed by atoms with E-state index in [0.717, 1.165) is 30.9 Å². The molecule has 0 bridgehead atoms. The second kappa shape index (κ2) is 9.27. The smallest absolute Gasteiger partial charge is 0.223 e. The van der Waals surface area contributed by atoms with E-state index in [9.17, 15) is 9.59 Å². The number of carbonyl (C=O) groups is 2. The van der Waals surface area contributed by atoms with Crippen molar-refractivity contribution < 1.29 is 19.1 Å². The van der Waals surface area contributed by atoms with E-state index in [1.165, 1.54) is 6.92 Å². The molecule has 1 unspecified atom stereocenters. The van der Waals surface area contributed by atoms with E-state index in [4.69, 9.17) is 9.47 Å². The Morgan fingerprint density at radius 2 is 2.08 bits per heavy atom. The topological polar surface area (TPSA) is 67.9 Å². The molecule has 1 heterocycles. The molecule has 0 aliphatic carbocycles. The highest BCUT2D eigenvalue weighted by Crippen LogP contribution is 2.20. The molecule has 132 valence electrons. The standard InChI is InChI=1S/C18H26N2O4/c1-3-23-16-8-6-15(7-9-16)20(14(2)21)11-10-18(22)19-13-17-5-4-12-24-17/h6-9,17H,3-5,10-13H2,1-2H3,(H,19,22). The van der Waals surface area contributed by atoms with Crippen molar-refractivity contribution >= 4 is 17.5 Å². The van der Waals surface area contributed by atoms with Crippen molar-refractivity contribution in [2.75, 3.05) is 31.2 Å². The maximum absolute atomic E-state index is 12.0. The van der Waals surface area contributed by atoms with Crippen LogP contribution < -0.4 is 15.0 Å². The summed E-state index contributed by atoms with van der Waals surface area (Å²) in [5, 5.41) is 2.87. The van der Waals surface area contributed by atoms with Crippen molar-refractivity contribution in [3.05, 3.63) is 24.3 Å². The van der Waals surface area contributed by atoms with Gasteiger partial charge in [0.05, 0.1) is 12.7 Å². The van der Waals surface area contributed by atoms with Crippen LogP contribution in [0.4, 0.5) is 5.69 Å². The monoisotopic (exact) mass is 334 g/mol. The molecule has 1 aromatic rings. The van der Waals surface area contributed by atoms with Crippen LogP contribution in [0.3, 0.4) is 0 Å². The summed E-state index contributed by atoms with van der Waals surface area (Å²) in [5.41, 5.74) is 0.762. The van der Waals surface area contributed by atoms with Crippen molar-refractivity contribution in [2.24, 2.45) is 0 Å². The first kappa shape index (κ1) is 18.3. The summed E-state index contributed by atoms with van der Waals surface area (Å²) in [7, 11) is 0. The largest absolute Gasteiger partial charge is 0.494 e. The Morgan fingerprint density at radius 1 is 1.33 bits per heavy atom. The first-order valence-electron chi connectivity index (χ1n) is 8.49. The van der Waals surface area contributed by atoms with Gasteiger partial charge >= 0.3 is 0 Å². The summed E-state index contributed by atoms with van der Waals surface area (Å²) >= 11 is 0. The van der Waals surface area contributed by atoms with Gasteiger partial charge in [-0.15, -0.1) is 0 Å². The van der Waals surface area contributed by atoms with Gasteiger partial charge in [0.1, 0.15) is 5.75 Å². The number of nitrogens with zero attached hydrogens (tertiary/aromatic N) is 1. The van der Waals surface area contributed by atoms with Crippen LogP contribution in [0.2, 0.25) is 0 Å². The summed E-state index contributed by atoms with van der Waals surface area (Å²) in [6, 6.07) is 7.31. The third kappa shape index (κ3) is 5.53. The van der Waals surface area contributed by atoms with E-state index in [2.05, 4.69) is 5.32 Å². The number of rotatable bonds is 8. The molecular formula is C18H26N2O4. The third-order valence-electron chi connectivity index (χ3n) is 3.95. The number of carbonyl (C=O) groups excluding carboxylic acids is 2. The molecule has 1 atom stereocenters. The zero-order valence-corrected chi connectivity index (χ0v) is 14.4. The Kier molecular flexibility index (Phi) is 7.06. The lowest BCUT2D eigenvalue weighted by Crippen LogP contribution is -2.36. The highest BCUT2D eigenvalue weighted by Gasteiger charge is 2.17. The molecule has 0 aromatic heterocycles. The lowest BCUT2D eigenvalue weighted by molar-refractivity contribution is -0.121. The molecule has 0 radical (unpaired) electrons. The van der Waals surface area contributed by atoms with E-state index in [0.29, 0.717) is 19.7 Å². The maximum atomic E-state index is 12.0. The predicted octanol–water partition coefficient (Wildman–Crippen LogP) is 2.12. The second-order valence-electron chi connectivity index (χ2n) is 5.79. The highest BCUT2D eigenvalue weighted by molar-refractivity contribution is 5.92. The van der Waals surface area contributed by atoms with Crippen molar-refractivity contribution in [3.8, 4) is 5.75 Å². The summed E-state index contributed by atoms with van der Waals surface area (Å²) in [4.78, 5) is 25.4. The fourth-order valence-electron chi connectivity index (χ4n) is 2.69. The van der Waals surface area contributed by atoms with Crippen LogP contribution in [0.5, 0.6) is 5.75 Å². The van der Waals surface area contributed by atoms with Gasteiger partial charge in [0.2, 0.25) is 11.8 Å². The molecule has 6 heteroatoms. The van der Waals surface area contributed by atoms with Crippen molar-refractivity contribution in [3.63, 3.8) is 0 Å². The molecule has 1 aromatic carbocycles. The molecule has 2 rings (SSSR count).